The van der Waals surface area contributed by atoms with Gasteiger partial charge in [-0.1, -0.05) is 12.1 Å². The molecule has 2 aromatic rings. The first-order chi connectivity index (χ1) is 12.5. The molecular weight excluding hydrogens is 328 g/mol. The van der Waals surface area contributed by atoms with Crippen molar-refractivity contribution in [1.82, 2.24) is 0 Å². The molecule has 0 aliphatic heterocycles. The van der Waals surface area contributed by atoms with Gasteiger partial charge in [0, 0.05) is 11.4 Å². The third kappa shape index (κ3) is 4.23. The van der Waals surface area contributed by atoms with Crippen LogP contribution < -0.4 is 15.4 Å². The minimum Gasteiger partial charge on any atom is -0.494 e. The third-order valence-corrected chi connectivity index (χ3v) is 4.55. The highest BCUT2D eigenvalue weighted by Gasteiger charge is 2.48. The molecule has 5 heteroatoms. The number of hydrogen-bond acceptors (Lipinski definition) is 3. The van der Waals surface area contributed by atoms with Crippen LogP contribution in [0.1, 0.15) is 24.5 Å². The monoisotopic (exact) mass is 352 g/mol. The lowest BCUT2D eigenvalue weighted by Crippen LogP contribution is -2.21. The Kier molecular flexibility index (Phi) is 5.26. The minimum absolute atomic E-state index is 0.0921. The molecule has 1 fully saturated rings. The van der Waals surface area contributed by atoms with Crippen LogP contribution in [-0.2, 0) is 9.59 Å². The number of rotatable bonds is 6. The van der Waals surface area contributed by atoms with Gasteiger partial charge in [0.15, 0.2) is 0 Å². The number of benzene rings is 2. The first-order valence-corrected chi connectivity index (χ1v) is 8.89. The number of hydrogen-bond donors (Lipinski definition) is 2. The molecule has 2 N–H and O–H groups in total. The van der Waals surface area contributed by atoms with Crippen LogP contribution in [-0.4, -0.2) is 18.4 Å². The van der Waals surface area contributed by atoms with Crippen molar-refractivity contribution in [3.05, 3.63) is 53.6 Å². The van der Waals surface area contributed by atoms with E-state index in [-0.39, 0.29) is 23.7 Å². The summed E-state index contributed by atoms with van der Waals surface area (Å²) in [5, 5.41) is 5.82. The molecule has 0 radical (unpaired) electrons. The smallest absolute Gasteiger partial charge is 0.228 e. The van der Waals surface area contributed by atoms with Gasteiger partial charge in [-0.3, -0.25) is 9.59 Å². The standard InChI is InChI=1S/C21H24N2O3/c1-4-26-16-9-7-15(8-10-16)22-20(24)17-12-18(17)21(25)23-19-11-13(2)5-6-14(19)3/h5-11,17-18H,4,12H2,1-3H3,(H,22,24)(H,23,25). The Hall–Kier alpha value is -2.82. The quantitative estimate of drug-likeness (QED) is 0.828. The van der Waals surface area contributed by atoms with Crippen molar-refractivity contribution in [3.63, 3.8) is 0 Å². The van der Waals surface area contributed by atoms with Gasteiger partial charge >= 0.3 is 0 Å². The Labute approximate surface area is 153 Å². The predicted octanol–water partition coefficient (Wildman–Crippen LogP) is 3.92. The summed E-state index contributed by atoms with van der Waals surface area (Å²) in [6.07, 6.45) is 0.583. The van der Waals surface area contributed by atoms with Crippen molar-refractivity contribution in [2.24, 2.45) is 11.8 Å². The number of ether oxygens (including phenoxy) is 1. The molecule has 0 spiro atoms. The van der Waals surface area contributed by atoms with Crippen molar-refractivity contribution < 1.29 is 14.3 Å². The number of aryl methyl sites for hydroxylation is 2. The van der Waals surface area contributed by atoms with Crippen molar-refractivity contribution >= 4 is 23.2 Å². The van der Waals surface area contributed by atoms with Crippen molar-refractivity contribution in [1.29, 1.82) is 0 Å². The summed E-state index contributed by atoms with van der Waals surface area (Å²) in [6.45, 7) is 6.47. The van der Waals surface area contributed by atoms with Gasteiger partial charge in [0.25, 0.3) is 0 Å². The highest BCUT2D eigenvalue weighted by Crippen LogP contribution is 2.40. The van der Waals surface area contributed by atoms with Crippen molar-refractivity contribution in [2.45, 2.75) is 27.2 Å². The molecule has 0 saturated heterocycles. The van der Waals surface area contributed by atoms with E-state index >= 15 is 0 Å². The molecule has 26 heavy (non-hydrogen) atoms. The molecule has 2 amide bonds. The van der Waals surface area contributed by atoms with E-state index in [1.54, 1.807) is 12.1 Å². The average Bonchev–Trinajstić information content (AvgIpc) is 3.41. The van der Waals surface area contributed by atoms with Crippen molar-refractivity contribution in [2.75, 3.05) is 17.2 Å². The lowest BCUT2D eigenvalue weighted by atomic mass is 10.1. The third-order valence-electron chi connectivity index (χ3n) is 4.55. The topological polar surface area (TPSA) is 67.4 Å². The number of carbonyl (C=O) groups is 2. The zero-order valence-corrected chi connectivity index (χ0v) is 15.3. The Bertz CT molecular complexity index is 815. The fourth-order valence-electron chi connectivity index (χ4n) is 2.91. The molecule has 0 bridgehead atoms. The molecule has 2 atom stereocenters. The van der Waals surface area contributed by atoms with E-state index in [0.717, 1.165) is 22.6 Å². The van der Waals surface area contributed by atoms with Gasteiger partial charge in [-0.05, 0) is 68.7 Å². The van der Waals surface area contributed by atoms with Gasteiger partial charge in [0.2, 0.25) is 11.8 Å². The maximum absolute atomic E-state index is 12.4. The number of carbonyl (C=O) groups excluding carboxylic acids is 2. The summed E-state index contributed by atoms with van der Waals surface area (Å²) in [6, 6.07) is 13.2. The normalized spacial score (nSPS) is 18.1. The molecule has 2 unspecified atom stereocenters. The highest BCUT2D eigenvalue weighted by molar-refractivity contribution is 6.03. The second-order valence-corrected chi connectivity index (χ2v) is 6.70. The van der Waals surface area contributed by atoms with E-state index in [2.05, 4.69) is 10.6 Å². The summed E-state index contributed by atoms with van der Waals surface area (Å²) in [5.41, 5.74) is 3.62. The van der Waals surface area contributed by atoms with Crippen LogP contribution in [0.3, 0.4) is 0 Å². The molecule has 3 rings (SSSR count). The SMILES string of the molecule is CCOc1ccc(NC(=O)C2CC2C(=O)Nc2cc(C)ccc2C)cc1. The fraction of sp³-hybridized carbons (Fsp3) is 0.333. The van der Waals surface area contributed by atoms with Gasteiger partial charge in [-0.15, -0.1) is 0 Å². The molecule has 1 aliphatic rings. The molecular formula is C21H24N2O3. The summed E-state index contributed by atoms with van der Waals surface area (Å²) >= 11 is 0. The molecule has 1 saturated carbocycles. The van der Waals surface area contributed by atoms with Crippen LogP contribution in [0.2, 0.25) is 0 Å². The molecule has 1 aliphatic carbocycles. The van der Waals surface area contributed by atoms with Crippen molar-refractivity contribution in [3.8, 4) is 5.75 Å². The maximum atomic E-state index is 12.4. The van der Waals surface area contributed by atoms with Gasteiger partial charge < -0.3 is 15.4 Å². The van der Waals surface area contributed by atoms with Crippen LogP contribution in [0.25, 0.3) is 0 Å². The fourth-order valence-corrected chi connectivity index (χ4v) is 2.91. The van der Waals surface area contributed by atoms with Crippen LogP contribution >= 0.6 is 0 Å². The van der Waals surface area contributed by atoms with E-state index in [0.29, 0.717) is 18.7 Å². The van der Waals surface area contributed by atoms with Crippen LogP contribution in [0.4, 0.5) is 11.4 Å². The first kappa shape index (κ1) is 18.0. The zero-order valence-electron chi connectivity index (χ0n) is 15.3. The molecule has 0 aromatic heterocycles. The van der Waals surface area contributed by atoms with Crippen LogP contribution in [0.15, 0.2) is 42.5 Å². The maximum Gasteiger partial charge on any atom is 0.228 e. The lowest BCUT2D eigenvalue weighted by molar-refractivity contribution is -0.122. The number of nitrogens with one attached hydrogen (secondary N) is 2. The Morgan fingerprint density at radius 1 is 1.00 bits per heavy atom. The molecule has 2 aromatic carbocycles. The Morgan fingerprint density at radius 3 is 2.31 bits per heavy atom. The minimum atomic E-state index is -0.272. The number of amides is 2. The first-order valence-electron chi connectivity index (χ1n) is 8.89. The second-order valence-electron chi connectivity index (χ2n) is 6.70. The van der Waals surface area contributed by atoms with Gasteiger partial charge in [0.1, 0.15) is 5.75 Å². The van der Waals surface area contributed by atoms with E-state index in [9.17, 15) is 9.59 Å². The highest BCUT2D eigenvalue weighted by atomic mass is 16.5. The van der Waals surface area contributed by atoms with Crippen LogP contribution in [0, 0.1) is 25.7 Å². The summed E-state index contributed by atoms with van der Waals surface area (Å²) in [7, 11) is 0. The molecule has 136 valence electrons. The second kappa shape index (κ2) is 7.60. The van der Waals surface area contributed by atoms with E-state index in [1.807, 2.05) is 51.1 Å². The summed E-state index contributed by atoms with van der Waals surface area (Å²) < 4.78 is 5.38. The van der Waals surface area contributed by atoms with Gasteiger partial charge in [-0.2, -0.15) is 0 Å². The summed E-state index contributed by atoms with van der Waals surface area (Å²) in [4.78, 5) is 24.8. The Morgan fingerprint density at radius 2 is 1.65 bits per heavy atom. The molecule has 5 nitrogen and oxygen atoms in total. The van der Waals surface area contributed by atoms with E-state index < -0.39 is 0 Å². The van der Waals surface area contributed by atoms with Crippen LogP contribution in [0.5, 0.6) is 5.75 Å². The van der Waals surface area contributed by atoms with Gasteiger partial charge in [-0.25, -0.2) is 0 Å². The zero-order chi connectivity index (χ0) is 18.7. The Balaban J connectivity index is 1.54. The number of anilines is 2. The van der Waals surface area contributed by atoms with Gasteiger partial charge in [0.05, 0.1) is 18.4 Å². The van der Waals surface area contributed by atoms with E-state index in [1.165, 1.54) is 0 Å². The average molecular weight is 352 g/mol. The summed E-state index contributed by atoms with van der Waals surface area (Å²) in [5.74, 6) is 0.0211. The largest absolute Gasteiger partial charge is 0.494 e. The van der Waals surface area contributed by atoms with E-state index in [4.69, 9.17) is 4.74 Å². The lowest BCUT2D eigenvalue weighted by Gasteiger charge is -2.10. The molecule has 0 heterocycles. The predicted molar refractivity (Wildman–Crippen MR) is 102 cm³/mol.